The molecule has 7 nitrogen and oxygen atoms in total. The van der Waals surface area contributed by atoms with Gasteiger partial charge in [0.1, 0.15) is 0 Å². The molecule has 1 aromatic rings. The Morgan fingerprint density at radius 2 is 2.00 bits per heavy atom. The first-order valence-electron chi connectivity index (χ1n) is 9.20. The van der Waals surface area contributed by atoms with Crippen molar-refractivity contribution >= 4 is 15.9 Å². The molecule has 26 heavy (non-hydrogen) atoms. The Morgan fingerprint density at radius 3 is 2.73 bits per heavy atom. The maximum absolute atomic E-state index is 13.0. The van der Waals surface area contributed by atoms with E-state index in [0.717, 1.165) is 19.4 Å². The molecule has 2 fully saturated rings. The zero-order valence-electron chi connectivity index (χ0n) is 15.3. The standard InChI is InChI=1S/C18H28N4O3S/c1-20-7-3-8-22(11-10-20)26(24,25)17-5-2-4-16(12-17)18(23)21-9-6-15(13-19)14-21/h2,4-5,12,15H,3,6-11,13-14,19H2,1H3. The lowest BCUT2D eigenvalue weighted by Crippen LogP contribution is -2.35. The molecule has 0 aliphatic carbocycles. The number of rotatable bonds is 4. The molecule has 1 aromatic carbocycles. The maximum Gasteiger partial charge on any atom is 0.253 e. The molecule has 3 rings (SSSR count). The molecular weight excluding hydrogens is 352 g/mol. The lowest BCUT2D eigenvalue weighted by atomic mass is 10.1. The first-order valence-corrected chi connectivity index (χ1v) is 10.6. The molecule has 0 radical (unpaired) electrons. The van der Waals surface area contributed by atoms with Crippen molar-refractivity contribution in [3.05, 3.63) is 29.8 Å². The molecular formula is C18H28N4O3S. The van der Waals surface area contributed by atoms with Crippen molar-refractivity contribution in [1.82, 2.24) is 14.1 Å². The topological polar surface area (TPSA) is 87.0 Å². The Morgan fingerprint density at radius 1 is 1.19 bits per heavy atom. The molecule has 0 saturated carbocycles. The van der Waals surface area contributed by atoms with Gasteiger partial charge >= 0.3 is 0 Å². The monoisotopic (exact) mass is 380 g/mol. The van der Waals surface area contributed by atoms with Gasteiger partial charge in [0.05, 0.1) is 4.90 Å². The van der Waals surface area contributed by atoms with Crippen LogP contribution in [0.2, 0.25) is 0 Å². The largest absolute Gasteiger partial charge is 0.338 e. The Hall–Kier alpha value is -1.48. The van der Waals surface area contributed by atoms with Crippen molar-refractivity contribution in [3.63, 3.8) is 0 Å². The average Bonchev–Trinajstić information content (AvgIpc) is 3.02. The summed E-state index contributed by atoms with van der Waals surface area (Å²) < 4.78 is 27.5. The van der Waals surface area contributed by atoms with Gasteiger partial charge in [-0.15, -0.1) is 0 Å². The number of amides is 1. The summed E-state index contributed by atoms with van der Waals surface area (Å²) in [6, 6.07) is 6.43. The molecule has 0 bridgehead atoms. The summed E-state index contributed by atoms with van der Waals surface area (Å²) in [5.74, 6) is 0.216. The van der Waals surface area contributed by atoms with E-state index >= 15 is 0 Å². The smallest absolute Gasteiger partial charge is 0.253 e. The van der Waals surface area contributed by atoms with E-state index in [1.54, 1.807) is 23.1 Å². The van der Waals surface area contributed by atoms with Crippen LogP contribution in [0.25, 0.3) is 0 Å². The number of likely N-dealkylation sites (tertiary alicyclic amines) is 1. The van der Waals surface area contributed by atoms with E-state index in [0.29, 0.717) is 50.7 Å². The van der Waals surface area contributed by atoms with Crippen molar-refractivity contribution < 1.29 is 13.2 Å². The number of carbonyl (C=O) groups is 1. The van der Waals surface area contributed by atoms with Gasteiger partial charge in [-0.1, -0.05) is 6.07 Å². The van der Waals surface area contributed by atoms with Gasteiger partial charge in [-0.05, 0) is 57.1 Å². The highest BCUT2D eigenvalue weighted by molar-refractivity contribution is 7.89. The molecule has 144 valence electrons. The number of likely N-dealkylation sites (N-methyl/N-ethyl adjacent to an activating group) is 1. The Bertz CT molecular complexity index is 753. The molecule has 1 atom stereocenters. The minimum atomic E-state index is -3.59. The van der Waals surface area contributed by atoms with Crippen LogP contribution in [0.15, 0.2) is 29.2 Å². The summed E-state index contributed by atoms with van der Waals surface area (Å²) in [4.78, 5) is 16.8. The third kappa shape index (κ3) is 4.09. The summed E-state index contributed by atoms with van der Waals surface area (Å²) in [5.41, 5.74) is 6.12. The van der Waals surface area contributed by atoms with Crippen LogP contribution in [0.3, 0.4) is 0 Å². The van der Waals surface area contributed by atoms with Crippen LogP contribution in [0.1, 0.15) is 23.2 Å². The fourth-order valence-electron chi connectivity index (χ4n) is 3.59. The van der Waals surface area contributed by atoms with Gasteiger partial charge in [-0.2, -0.15) is 4.31 Å². The van der Waals surface area contributed by atoms with Crippen molar-refractivity contribution in [2.45, 2.75) is 17.7 Å². The number of sulfonamides is 1. The molecule has 0 spiro atoms. The summed E-state index contributed by atoms with van der Waals surface area (Å²) in [6.07, 6.45) is 1.71. The van der Waals surface area contributed by atoms with Gasteiger partial charge in [0.25, 0.3) is 5.91 Å². The molecule has 2 heterocycles. The van der Waals surface area contributed by atoms with Crippen LogP contribution in [0.5, 0.6) is 0 Å². The third-order valence-electron chi connectivity index (χ3n) is 5.30. The number of benzene rings is 1. The zero-order valence-corrected chi connectivity index (χ0v) is 16.1. The number of hydrogen-bond donors (Lipinski definition) is 1. The summed E-state index contributed by atoms with van der Waals surface area (Å²) in [7, 11) is -1.59. The quantitative estimate of drug-likeness (QED) is 0.819. The Labute approximate surface area is 155 Å². The summed E-state index contributed by atoms with van der Waals surface area (Å²) >= 11 is 0. The van der Waals surface area contributed by atoms with E-state index in [9.17, 15) is 13.2 Å². The van der Waals surface area contributed by atoms with Crippen molar-refractivity contribution in [2.75, 3.05) is 52.9 Å². The summed E-state index contributed by atoms with van der Waals surface area (Å²) in [6.45, 7) is 4.48. The van der Waals surface area contributed by atoms with E-state index in [-0.39, 0.29) is 10.8 Å². The SMILES string of the molecule is CN1CCCN(S(=O)(=O)c2cccc(C(=O)N3CCC(CN)C3)c2)CC1. The normalized spacial score (nSPS) is 23.2. The third-order valence-corrected chi connectivity index (χ3v) is 7.20. The van der Waals surface area contributed by atoms with E-state index in [2.05, 4.69) is 4.90 Å². The lowest BCUT2D eigenvalue weighted by Gasteiger charge is -2.21. The second-order valence-electron chi connectivity index (χ2n) is 7.23. The predicted octanol–water partition coefficient (Wildman–Crippen LogP) is 0.434. The van der Waals surface area contributed by atoms with Gasteiger partial charge < -0.3 is 15.5 Å². The first-order chi connectivity index (χ1) is 12.4. The van der Waals surface area contributed by atoms with Crippen LogP contribution in [0, 0.1) is 5.92 Å². The number of hydrogen-bond acceptors (Lipinski definition) is 5. The van der Waals surface area contributed by atoms with E-state index < -0.39 is 10.0 Å². The molecule has 2 aliphatic rings. The molecule has 2 saturated heterocycles. The lowest BCUT2D eigenvalue weighted by molar-refractivity contribution is 0.0787. The Balaban J connectivity index is 1.79. The number of carbonyl (C=O) groups excluding carboxylic acids is 1. The molecule has 1 amide bonds. The fourth-order valence-corrected chi connectivity index (χ4v) is 5.11. The second-order valence-corrected chi connectivity index (χ2v) is 9.17. The van der Waals surface area contributed by atoms with Gasteiger partial charge in [0.2, 0.25) is 10.0 Å². The average molecular weight is 381 g/mol. The van der Waals surface area contributed by atoms with Gasteiger partial charge in [0, 0.05) is 38.3 Å². The van der Waals surface area contributed by atoms with Crippen molar-refractivity contribution in [1.29, 1.82) is 0 Å². The van der Waals surface area contributed by atoms with Gasteiger partial charge in [0.15, 0.2) is 0 Å². The molecule has 2 aliphatic heterocycles. The number of nitrogens with two attached hydrogens (primary N) is 1. The highest BCUT2D eigenvalue weighted by Crippen LogP contribution is 2.22. The van der Waals surface area contributed by atoms with Gasteiger partial charge in [-0.3, -0.25) is 4.79 Å². The van der Waals surface area contributed by atoms with Gasteiger partial charge in [-0.25, -0.2) is 8.42 Å². The van der Waals surface area contributed by atoms with Crippen molar-refractivity contribution in [2.24, 2.45) is 11.7 Å². The second kappa shape index (κ2) is 8.04. The molecule has 0 aromatic heterocycles. The minimum absolute atomic E-state index is 0.117. The fraction of sp³-hybridized carbons (Fsp3) is 0.611. The van der Waals surface area contributed by atoms with E-state index in [4.69, 9.17) is 5.73 Å². The maximum atomic E-state index is 13.0. The highest BCUT2D eigenvalue weighted by atomic mass is 32.2. The van der Waals surface area contributed by atoms with E-state index in [1.165, 1.54) is 10.4 Å². The molecule has 8 heteroatoms. The predicted molar refractivity (Wildman–Crippen MR) is 100 cm³/mol. The minimum Gasteiger partial charge on any atom is -0.338 e. The van der Waals surface area contributed by atoms with Crippen LogP contribution in [0.4, 0.5) is 0 Å². The molecule has 2 N–H and O–H groups in total. The van der Waals surface area contributed by atoms with Crippen LogP contribution < -0.4 is 5.73 Å². The summed E-state index contributed by atoms with van der Waals surface area (Å²) in [5, 5.41) is 0. The number of nitrogens with zero attached hydrogens (tertiary/aromatic N) is 3. The van der Waals surface area contributed by atoms with Crippen LogP contribution in [-0.2, 0) is 10.0 Å². The zero-order chi connectivity index (χ0) is 18.7. The van der Waals surface area contributed by atoms with E-state index in [1.807, 2.05) is 7.05 Å². The Kier molecular flexibility index (Phi) is 5.96. The van der Waals surface area contributed by atoms with Crippen LogP contribution in [-0.4, -0.2) is 81.3 Å². The highest BCUT2D eigenvalue weighted by Gasteiger charge is 2.29. The molecule has 1 unspecified atom stereocenters. The first kappa shape index (κ1) is 19.3. The van der Waals surface area contributed by atoms with Crippen molar-refractivity contribution in [3.8, 4) is 0 Å². The van der Waals surface area contributed by atoms with Crippen LogP contribution >= 0.6 is 0 Å².